The van der Waals surface area contributed by atoms with E-state index in [4.69, 9.17) is 0 Å². The van der Waals surface area contributed by atoms with Crippen LogP contribution in [-0.2, 0) is 0 Å². The molecule has 0 unspecified atom stereocenters. The fourth-order valence-corrected chi connectivity index (χ4v) is 3.21. The minimum absolute atomic E-state index is 0.335. The number of carbonyl (C=O) groups excluding carboxylic acids is 1. The van der Waals surface area contributed by atoms with Crippen molar-refractivity contribution >= 4 is 23.2 Å². The molecule has 2 aromatic carbocycles. The fourth-order valence-electron chi connectivity index (χ4n) is 3.21. The van der Waals surface area contributed by atoms with E-state index in [9.17, 15) is 9.18 Å². The standard InChI is InChI=1S/C21H20FN5O/c22-17-8-6-16(7-9-17)21(28)25-19-14-20(24-15-23-19)27-12-10-26(11-13-27)18-4-2-1-3-5-18/h1-9,14-15H,10-13H2,(H,23,24,25,28). The summed E-state index contributed by atoms with van der Waals surface area (Å²) in [6.45, 7) is 3.45. The van der Waals surface area contributed by atoms with Crippen LogP contribution in [-0.4, -0.2) is 42.1 Å². The van der Waals surface area contributed by atoms with Crippen LogP contribution in [0.1, 0.15) is 10.4 Å². The molecule has 2 heterocycles. The first kappa shape index (κ1) is 17.9. The second-order valence-electron chi connectivity index (χ2n) is 6.53. The van der Waals surface area contributed by atoms with Gasteiger partial charge in [0.15, 0.2) is 0 Å². The molecule has 1 aliphatic rings. The van der Waals surface area contributed by atoms with E-state index in [0.29, 0.717) is 11.4 Å². The maximum Gasteiger partial charge on any atom is 0.256 e. The van der Waals surface area contributed by atoms with Gasteiger partial charge in [0.2, 0.25) is 0 Å². The lowest BCUT2D eigenvalue weighted by atomic mass is 10.2. The number of hydrogen-bond acceptors (Lipinski definition) is 5. The predicted octanol–water partition coefficient (Wildman–Crippen LogP) is 3.19. The number of rotatable bonds is 4. The molecule has 142 valence electrons. The van der Waals surface area contributed by atoms with E-state index in [1.54, 1.807) is 6.07 Å². The summed E-state index contributed by atoms with van der Waals surface area (Å²) in [7, 11) is 0. The maximum atomic E-state index is 13.0. The Morgan fingerprint density at radius 3 is 2.29 bits per heavy atom. The van der Waals surface area contributed by atoms with Gasteiger partial charge in [-0.1, -0.05) is 18.2 Å². The van der Waals surface area contributed by atoms with E-state index in [1.165, 1.54) is 36.3 Å². The van der Waals surface area contributed by atoms with Gasteiger partial charge in [-0.15, -0.1) is 0 Å². The van der Waals surface area contributed by atoms with Gasteiger partial charge in [-0.05, 0) is 36.4 Å². The molecule has 0 bridgehead atoms. The molecular formula is C21H20FN5O. The average Bonchev–Trinajstić information content (AvgIpc) is 2.75. The van der Waals surface area contributed by atoms with Gasteiger partial charge < -0.3 is 15.1 Å². The van der Waals surface area contributed by atoms with Gasteiger partial charge in [-0.2, -0.15) is 0 Å². The summed E-state index contributed by atoms with van der Waals surface area (Å²) >= 11 is 0. The number of amides is 1. The first-order valence-corrected chi connectivity index (χ1v) is 9.13. The molecule has 0 radical (unpaired) electrons. The van der Waals surface area contributed by atoms with Crippen molar-refractivity contribution in [3.8, 4) is 0 Å². The quantitative estimate of drug-likeness (QED) is 0.757. The molecule has 1 amide bonds. The largest absolute Gasteiger partial charge is 0.368 e. The van der Waals surface area contributed by atoms with Crippen LogP contribution in [0.15, 0.2) is 67.0 Å². The fraction of sp³-hybridized carbons (Fsp3) is 0.190. The van der Waals surface area contributed by atoms with E-state index in [0.717, 1.165) is 32.0 Å². The number of carbonyl (C=O) groups is 1. The molecule has 1 saturated heterocycles. The molecule has 1 aromatic heterocycles. The van der Waals surface area contributed by atoms with Crippen LogP contribution in [0.2, 0.25) is 0 Å². The van der Waals surface area contributed by atoms with Crippen molar-refractivity contribution in [2.45, 2.75) is 0 Å². The van der Waals surface area contributed by atoms with Gasteiger partial charge in [0.25, 0.3) is 5.91 Å². The lowest BCUT2D eigenvalue weighted by molar-refractivity contribution is 0.102. The molecule has 1 aliphatic heterocycles. The van der Waals surface area contributed by atoms with Crippen molar-refractivity contribution in [1.82, 2.24) is 9.97 Å². The second-order valence-corrected chi connectivity index (χ2v) is 6.53. The molecule has 3 aromatic rings. The predicted molar refractivity (Wildman–Crippen MR) is 107 cm³/mol. The second kappa shape index (κ2) is 8.04. The molecule has 6 nitrogen and oxygen atoms in total. The Morgan fingerprint density at radius 1 is 0.893 bits per heavy atom. The summed E-state index contributed by atoms with van der Waals surface area (Å²) in [5.74, 6) is 0.482. The Morgan fingerprint density at radius 2 is 1.57 bits per heavy atom. The van der Waals surface area contributed by atoms with Crippen LogP contribution >= 0.6 is 0 Å². The smallest absolute Gasteiger partial charge is 0.256 e. The van der Waals surface area contributed by atoms with E-state index in [2.05, 4.69) is 37.2 Å². The minimum atomic E-state index is -0.379. The Balaban J connectivity index is 1.40. The average molecular weight is 377 g/mol. The Labute approximate surface area is 162 Å². The number of nitrogens with one attached hydrogen (secondary N) is 1. The van der Waals surface area contributed by atoms with Crippen LogP contribution in [0.4, 0.5) is 21.7 Å². The van der Waals surface area contributed by atoms with Gasteiger partial charge in [-0.3, -0.25) is 4.79 Å². The van der Waals surface area contributed by atoms with E-state index < -0.39 is 0 Å². The van der Waals surface area contributed by atoms with Crippen molar-refractivity contribution in [3.63, 3.8) is 0 Å². The van der Waals surface area contributed by atoms with Crippen molar-refractivity contribution in [1.29, 1.82) is 0 Å². The molecule has 28 heavy (non-hydrogen) atoms. The lowest BCUT2D eigenvalue weighted by Gasteiger charge is -2.36. The first-order valence-electron chi connectivity index (χ1n) is 9.13. The number of halogens is 1. The highest BCUT2D eigenvalue weighted by atomic mass is 19.1. The third kappa shape index (κ3) is 4.09. The zero-order chi connectivity index (χ0) is 19.3. The molecular weight excluding hydrogens is 357 g/mol. The van der Waals surface area contributed by atoms with Crippen LogP contribution in [0.3, 0.4) is 0 Å². The number of benzene rings is 2. The van der Waals surface area contributed by atoms with Crippen molar-refractivity contribution in [2.24, 2.45) is 0 Å². The highest BCUT2D eigenvalue weighted by Gasteiger charge is 2.19. The third-order valence-corrected chi connectivity index (χ3v) is 4.73. The van der Waals surface area contributed by atoms with Gasteiger partial charge in [0, 0.05) is 43.5 Å². The molecule has 0 spiro atoms. The summed E-state index contributed by atoms with van der Waals surface area (Å²) < 4.78 is 13.0. The molecule has 1 N–H and O–H groups in total. The van der Waals surface area contributed by atoms with Gasteiger partial charge in [0.1, 0.15) is 23.8 Å². The number of piperazine rings is 1. The Bertz CT molecular complexity index is 941. The molecule has 1 fully saturated rings. The number of hydrogen-bond donors (Lipinski definition) is 1. The zero-order valence-electron chi connectivity index (χ0n) is 15.3. The summed E-state index contributed by atoms with van der Waals surface area (Å²) in [6.07, 6.45) is 1.44. The van der Waals surface area contributed by atoms with Crippen molar-refractivity contribution < 1.29 is 9.18 Å². The number of para-hydroxylation sites is 1. The number of nitrogens with zero attached hydrogens (tertiary/aromatic N) is 4. The van der Waals surface area contributed by atoms with E-state index >= 15 is 0 Å². The van der Waals surface area contributed by atoms with Crippen LogP contribution in [0.5, 0.6) is 0 Å². The van der Waals surface area contributed by atoms with Crippen molar-refractivity contribution in [3.05, 3.63) is 78.4 Å². The maximum absolute atomic E-state index is 13.0. The molecule has 7 heteroatoms. The summed E-state index contributed by atoms with van der Waals surface area (Å²) in [5, 5.41) is 2.74. The molecule has 0 aliphatic carbocycles. The third-order valence-electron chi connectivity index (χ3n) is 4.73. The zero-order valence-corrected chi connectivity index (χ0v) is 15.3. The molecule has 0 saturated carbocycles. The lowest BCUT2D eigenvalue weighted by Crippen LogP contribution is -2.46. The normalized spacial score (nSPS) is 14.0. The molecule has 0 atom stereocenters. The number of aromatic nitrogens is 2. The number of anilines is 3. The highest BCUT2D eigenvalue weighted by molar-refractivity contribution is 6.03. The van der Waals surface area contributed by atoms with Gasteiger partial charge in [0.05, 0.1) is 0 Å². The van der Waals surface area contributed by atoms with E-state index in [1.807, 2.05) is 18.2 Å². The Kier molecular flexibility index (Phi) is 5.14. The van der Waals surface area contributed by atoms with Crippen LogP contribution in [0, 0.1) is 5.82 Å². The first-order chi connectivity index (χ1) is 13.7. The van der Waals surface area contributed by atoms with Crippen LogP contribution < -0.4 is 15.1 Å². The Hall–Kier alpha value is -3.48. The summed E-state index contributed by atoms with van der Waals surface area (Å²) in [6, 6.07) is 17.5. The SMILES string of the molecule is O=C(Nc1cc(N2CCN(c3ccccc3)CC2)ncn1)c1ccc(F)cc1. The monoisotopic (exact) mass is 377 g/mol. The van der Waals surface area contributed by atoms with E-state index in [-0.39, 0.29) is 11.7 Å². The van der Waals surface area contributed by atoms with Gasteiger partial charge in [-0.25, -0.2) is 14.4 Å². The van der Waals surface area contributed by atoms with Gasteiger partial charge >= 0.3 is 0 Å². The molecule has 4 rings (SSSR count). The van der Waals surface area contributed by atoms with Crippen LogP contribution in [0.25, 0.3) is 0 Å². The summed E-state index contributed by atoms with van der Waals surface area (Å²) in [5.41, 5.74) is 1.59. The topological polar surface area (TPSA) is 61.4 Å². The van der Waals surface area contributed by atoms with Crippen molar-refractivity contribution in [2.75, 3.05) is 41.3 Å². The summed E-state index contributed by atoms with van der Waals surface area (Å²) in [4.78, 5) is 25.3. The minimum Gasteiger partial charge on any atom is -0.368 e. The highest BCUT2D eigenvalue weighted by Crippen LogP contribution is 2.20.